The zero-order valence-electron chi connectivity index (χ0n) is 14.0. The second-order valence-corrected chi connectivity index (χ2v) is 8.35. The summed E-state index contributed by atoms with van der Waals surface area (Å²) in [6.07, 6.45) is 0. The molecule has 0 aliphatic carbocycles. The van der Waals surface area contributed by atoms with E-state index >= 15 is 0 Å². The second kappa shape index (κ2) is 8.68. The lowest BCUT2D eigenvalue weighted by Gasteiger charge is -2.24. The van der Waals surface area contributed by atoms with E-state index in [1.54, 1.807) is 13.0 Å². The van der Waals surface area contributed by atoms with Crippen molar-refractivity contribution in [2.75, 3.05) is 17.5 Å². The van der Waals surface area contributed by atoms with Crippen molar-refractivity contribution in [3.8, 4) is 0 Å². The predicted molar refractivity (Wildman–Crippen MR) is 103 cm³/mol. The van der Waals surface area contributed by atoms with Gasteiger partial charge >= 0.3 is 5.97 Å². The van der Waals surface area contributed by atoms with E-state index in [0.29, 0.717) is 4.47 Å². The molecular formula is C16H14BrClN2O6S. The van der Waals surface area contributed by atoms with Crippen LogP contribution in [0.3, 0.4) is 0 Å². The second-order valence-electron chi connectivity index (χ2n) is 5.17. The van der Waals surface area contributed by atoms with Crippen LogP contribution in [0.1, 0.15) is 6.92 Å². The van der Waals surface area contributed by atoms with Gasteiger partial charge < -0.3 is 4.74 Å². The quantitative estimate of drug-likeness (QED) is 0.341. The lowest BCUT2D eigenvalue weighted by molar-refractivity contribution is -0.385. The number of non-ortho nitro benzene ring substituents is 1. The van der Waals surface area contributed by atoms with Gasteiger partial charge in [-0.15, -0.1) is 0 Å². The Hall–Kier alpha value is -2.17. The molecule has 0 aliphatic heterocycles. The molecule has 0 heterocycles. The Morgan fingerprint density at radius 1 is 1.30 bits per heavy atom. The smallest absolute Gasteiger partial charge is 0.326 e. The van der Waals surface area contributed by atoms with Crippen molar-refractivity contribution < 1.29 is 22.9 Å². The number of rotatable bonds is 7. The number of esters is 1. The highest BCUT2D eigenvalue weighted by Gasteiger charge is 2.30. The molecule has 11 heteroatoms. The maximum atomic E-state index is 13.1. The first kappa shape index (κ1) is 21.1. The average molecular weight is 478 g/mol. The molecule has 0 bridgehead atoms. The number of anilines is 1. The van der Waals surface area contributed by atoms with E-state index in [0.717, 1.165) is 10.4 Å². The molecule has 2 rings (SSSR count). The number of hydrogen-bond donors (Lipinski definition) is 0. The van der Waals surface area contributed by atoms with Crippen LogP contribution in [0.2, 0.25) is 5.02 Å². The van der Waals surface area contributed by atoms with Crippen molar-refractivity contribution in [2.24, 2.45) is 0 Å². The van der Waals surface area contributed by atoms with Gasteiger partial charge in [0.15, 0.2) is 0 Å². The van der Waals surface area contributed by atoms with Crippen LogP contribution in [0, 0.1) is 10.1 Å². The number of carbonyl (C=O) groups is 1. The van der Waals surface area contributed by atoms with Gasteiger partial charge in [0.05, 0.1) is 27.1 Å². The van der Waals surface area contributed by atoms with Crippen molar-refractivity contribution >= 4 is 54.9 Å². The summed E-state index contributed by atoms with van der Waals surface area (Å²) in [7, 11) is -4.33. The lowest BCUT2D eigenvalue weighted by atomic mass is 10.3. The van der Waals surface area contributed by atoms with E-state index in [9.17, 15) is 23.3 Å². The van der Waals surface area contributed by atoms with Crippen molar-refractivity contribution in [1.82, 2.24) is 0 Å². The first-order valence-electron chi connectivity index (χ1n) is 7.54. The number of carbonyl (C=O) groups excluding carboxylic acids is 1. The number of nitro benzene ring substituents is 1. The Balaban J connectivity index is 2.59. The number of benzene rings is 2. The Kier molecular flexibility index (Phi) is 6.79. The van der Waals surface area contributed by atoms with Gasteiger partial charge in [-0.1, -0.05) is 33.6 Å². The Morgan fingerprint density at radius 2 is 2.00 bits per heavy atom. The highest BCUT2D eigenvalue weighted by atomic mass is 79.9. The molecular weight excluding hydrogens is 464 g/mol. The maximum Gasteiger partial charge on any atom is 0.326 e. The van der Waals surface area contributed by atoms with E-state index in [2.05, 4.69) is 15.9 Å². The molecule has 0 atom stereocenters. The molecule has 0 aromatic heterocycles. The molecule has 0 N–H and O–H groups in total. The zero-order valence-corrected chi connectivity index (χ0v) is 17.1. The summed E-state index contributed by atoms with van der Waals surface area (Å²) in [5.41, 5.74) is -0.353. The number of nitrogens with zero attached hydrogens (tertiary/aromatic N) is 2. The molecule has 2 aromatic rings. The SMILES string of the molecule is CCOC(=O)CN(c1ccc(Br)cc1Cl)S(=O)(=O)c1cccc([N+](=O)[O-])c1. The summed E-state index contributed by atoms with van der Waals surface area (Å²) in [5, 5.41) is 11.0. The summed E-state index contributed by atoms with van der Waals surface area (Å²) >= 11 is 9.39. The lowest BCUT2D eigenvalue weighted by Crippen LogP contribution is -2.36. The van der Waals surface area contributed by atoms with Crippen LogP contribution in [0.5, 0.6) is 0 Å². The highest BCUT2D eigenvalue weighted by molar-refractivity contribution is 9.10. The van der Waals surface area contributed by atoms with Crippen LogP contribution in [0.15, 0.2) is 51.8 Å². The van der Waals surface area contributed by atoms with Crippen LogP contribution in [0.25, 0.3) is 0 Å². The van der Waals surface area contributed by atoms with Crippen LogP contribution >= 0.6 is 27.5 Å². The molecule has 8 nitrogen and oxygen atoms in total. The van der Waals surface area contributed by atoms with Crippen molar-refractivity contribution in [2.45, 2.75) is 11.8 Å². The molecule has 2 aromatic carbocycles. The minimum absolute atomic E-state index is 0.0411. The molecule has 0 aliphatic rings. The molecule has 0 spiro atoms. The Labute approximate surface area is 169 Å². The minimum Gasteiger partial charge on any atom is -0.465 e. The Bertz CT molecular complexity index is 983. The normalized spacial score (nSPS) is 11.1. The average Bonchev–Trinajstić information content (AvgIpc) is 2.60. The summed E-state index contributed by atoms with van der Waals surface area (Å²) < 4.78 is 32.4. The molecule has 27 heavy (non-hydrogen) atoms. The predicted octanol–water partition coefficient (Wildman–Crippen LogP) is 3.77. The number of ether oxygens (including phenoxy) is 1. The standard InChI is InChI=1S/C16H14BrClN2O6S/c1-2-26-16(21)10-19(15-7-6-11(17)8-14(15)18)27(24,25)13-5-3-4-12(9-13)20(22)23/h3-9H,2,10H2,1H3. The molecule has 0 fully saturated rings. The Morgan fingerprint density at radius 3 is 2.59 bits per heavy atom. The third-order valence-electron chi connectivity index (χ3n) is 3.37. The van der Waals surface area contributed by atoms with E-state index in [4.69, 9.17) is 16.3 Å². The van der Waals surface area contributed by atoms with Crippen LogP contribution in [-0.2, 0) is 19.6 Å². The first-order valence-corrected chi connectivity index (χ1v) is 10.2. The fraction of sp³-hybridized carbons (Fsp3) is 0.188. The van der Waals surface area contributed by atoms with Gasteiger partial charge in [-0.3, -0.25) is 19.2 Å². The monoisotopic (exact) mass is 476 g/mol. The molecule has 0 saturated heterocycles. The van der Waals surface area contributed by atoms with Crippen molar-refractivity contribution in [3.63, 3.8) is 0 Å². The molecule has 144 valence electrons. The van der Waals surface area contributed by atoms with E-state index in [1.807, 2.05) is 0 Å². The molecule has 0 saturated carbocycles. The van der Waals surface area contributed by atoms with Crippen LogP contribution in [0.4, 0.5) is 11.4 Å². The molecule has 0 radical (unpaired) electrons. The van der Waals surface area contributed by atoms with Gasteiger partial charge in [0.2, 0.25) is 0 Å². The topological polar surface area (TPSA) is 107 Å². The van der Waals surface area contributed by atoms with Gasteiger partial charge in [-0.25, -0.2) is 8.42 Å². The van der Waals surface area contributed by atoms with Crippen molar-refractivity contribution in [1.29, 1.82) is 0 Å². The third-order valence-corrected chi connectivity index (χ3v) is 5.92. The summed E-state index contributed by atoms with van der Waals surface area (Å²) in [4.78, 5) is 21.9. The van der Waals surface area contributed by atoms with E-state index in [1.165, 1.54) is 30.3 Å². The van der Waals surface area contributed by atoms with Gasteiger partial charge in [0.1, 0.15) is 6.54 Å². The van der Waals surface area contributed by atoms with Crippen LogP contribution < -0.4 is 4.31 Å². The molecule has 0 unspecified atom stereocenters. The fourth-order valence-corrected chi connectivity index (χ4v) is 4.49. The number of nitro groups is 1. The van der Waals surface area contributed by atoms with Crippen LogP contribution in [-0.4, -0.2) is 32.5 Å². The number of sulfonamides is 1. The van der Waals surface area contributed by atoms with Gasteiger partial charge in [-0.05, 0) is 31.2 Å². The largest absolute Gasteiger partial charge is 0.465 e. The minimum atomic E-state index is -4.33. The molecule has 0 amide bonds. The summed E-state index contributed by atoms with van der Waals surface area (Å²) in [6.45, 7) is 1.02. The van der Waals surface area contributed by atoms with E-state index < -0.39 is 33.1 Å². The van der Waals surface area contributed by atoms with E-state index in [-0.39, 0.29) is 22.2 Å². The maximum absolute atomic E-state index is 13.1. The zero-order chi connectivity index (χ0) is 20.2. The highest BCUT2D eigenvalue weighted by Crippen LogP contribution is 2.33. The first-order chi connectivity index (χ1) is 12.7. The van der Waals surface area contributed by atoms with Gasteiger partial charge in [0.25, 0.3) is 15.7 Å². The van der Waals surface area contributed by atoms with Gasteiger partial charge in [0, 0.05) is 16.6 Å². The number of hydrogen-bond acceptors (Lipinski definition) is 6. The summed E-state index contributed by atoms with van der Waals surface area (Å²) in [6, 6.07) is 8.98. The summed E-state index contributed by atoms with van der Waals surface area (Å²) in [5.74, 6) is -0.787. The van der Waals surface area contributed by atoms with Crippen molar-refractivity contribution in [3.05, 3.63) is 62.1 Å². The van der Waals surface area contributed by atoms with Gasteiger partial charge in [-0.2, -0.15) is 0 Å². The fourth-order valence-electron chi connectivity index (χ4n) is 2.19. The third kappa shape index (κ3) is 4.96. The number of halogens is 2.